The van der Waals surface area contributed by atoms with Crippen molar-refractivity contribution in [1.82, 2.24) is 4.98 Å². The molecule has 0 radical (unpaired) electrons. The van der Waals surface area contributed by atoms with Crippen LogP contribution in [0.3, 0.4) is 0 Å². The third kappa shape index (κ3) is 5.43. The Hall–Kier alpha value is -4.33. The third-order valence-electron chi connectivity index (χ3n) is 5.84. The highest BCUT2D eigenvalue weighted by molar-refractivity contribution is 7.19. The summed E-state index contributed by atoms with van der Waals surface area (Å²) in [4.78, 5) is 29.9. The van der Waals surface area contributed by atoms with Crippen LogP contribution in [0.1, 0.15) is 17.0 Å². The van der Waals surface area contributed by atoms with Gasteiger partial charge >= 0.3 is 0 Å². The average molecular weight is 526 g/mol. The van der Waals surface area contributed by atoms with E-state index in [0.717, 1.165) is 21.6 Å². The Balaban J connectivity index is 1.54. The highest BCUT2D eigenvalue weighted by atomic mass is 35.5. The van der Waals surface area contributed by atoms with Gasteiger partial charge in [-0.05, 0) is 41.0 Å². The molecule has 0 saturated carbocycles. The van der Waals surface area contributed by atoms with E-state index >= 15 is 0 Å². The number of hydrogen-bond donors (Lipinski definition) is 1. The summed E-state index contributed by atoms with van der Waals surface area (Å²) in [5, 5.41) is 15.2. The minimum Gasteiger partial charge on any atom is -0.301 e. The van der Waals surface area contributed by atoms with Gasteiger partial charge in [0.25, 0.3) is 5.69 Å². The second-order valence-electron chi connectivity index (χ2n) is 8.25. The van der Waals surface area contributed by atoms with E-state index in [1.165, 1.54) is 23.5 Å². The summed E-state index contributed by atoms with van der Waals surface area (Å²) in [6.45, 7) is 0. The largest absolute Gasteiger partial charge is 0.301 e. The Labute approximate surface area is 222 Å². The van der Waals surface area contributed by atoms with Gasteiger partial charge in [0.15, 0.2) is 5.13 Å². The number of thiazole rings is 1. The molecule has 0 spiro atoms. The highest BCUT2D eigenvalue weighted by Crippen LogP contribution is 2.40. The van der Waals surface area contributed by atoms with Crippen molar-refractivity contribution >= 4 is 39.7 Å². The normalized spacial score (nSPS) is 10.9. The molecule has 0 bridgehead atoms. The number of hydrogen-bond acceptors (Lipinski definition) is 5. The maximum absolute atomic E-state index is 13.6. The molecule has 6 nitrogen and oxygen atoms in total. The highest BCUT2D eigenvalue weighted by Gasteiger charge is 2.25. The van der Waals surface area contributed by atoms with Crippen LogP contribution in [0.4, 0.5) is 10.8 Å². The second kappa shape index (κ2) is 10.7. The van der Waals surface area contributed by atoms with Crippen molar-refractivity contribution in [1.29, 1.82) is 0 Å². The fraction of sp³-hybridized carbons (Fsp3) is 0.0345. The fourth-order valence-electron chi connectivity index (χ4n) is 4.07. The first-order valence-electron chi connectivity index (χ1n) is 11.4. The number of nitrogens with zero attached hydrogens (tertiary/aromatic N) is 2. The molecule has 0 atom stereocenters. The fourth-order valence-corrected chi connectivity index (χ4v) is 5.19. The standard InChI is InChI=1S/C29H20ClN3O3S/c30-23-15-11-22(12-16-23)27-26(21-13-17-24(18-14-21)33(35)36)31-29(37-27)32-28(34)25(19-7-3-1-4-8-19)20-9-5-2-6-10-20/h1-18,25H,(H,31,32,34). The second-order valence-corrected chi connectivity index (χ2v) is 9.69. The molecule has 1 amide bonds. The average Bonchev–Trinajstić information content (AvgIpc) is 3.34. The molecule has 182 valence electrons. The number of benzene rings is 4. The van der Waals surface area contributed by atoms with Crippen molar-refractivity contribution in [2.24, 2.45) is 0 Å². The van der Waals surface area contributed by atoms with Crippen LogP contribution in [0.5, 0.6) is 0 Å². The van der Waals surface area contributed by atoms with Crippen molar-refractivity contribution in [3.05, 3.63) is 135 Å². The van der Waals surface area contributed by atoms with Gasteiger partial charge in [-0.15, -0.1) is 0 Å². The van der Waals surface area contributed by atoms with E-state index in [1.807, 2.05) is 72.8 Å². The molecular weight excluding hydrogens is 506 g/mol. The first-order chi connectivity index (χ1) is 18.0. The molecule has 0 aliphatic carbocycles. The minimum absolute atomic E-state index is 0.00545. The lowest BCUT2D eigenvalue weighted by Gasteiger charge is -2.17. The van der Waals surface area contributed by atoms with E-state index in [-0.39, 0.29) is 11.6 Å². The van der Waals surface area contributed by atoms with Gasteiger partial charge in [0.2, 0.25) is 5.91 Å². The van der Waals surface area contributed by atoms with E-state index in [0.29, 0.717) is 21.4 Å². The van der Waals surface area contributed by atoms with E-state index in [4.69, 9.17) is 16.6 Å². The molecular formula is C29H20ClN3O3S. The quantitative estimate of drug-likeness (QED) is 0.173. The maximum atomic E-state index is 13.6. The number of nitro benzene ring substituents is 1. The van der Waals surface area contributed by atoms with Crippen LogP contribution in [0.25, 0.3) is 21.7 Å². The van der Waals surface area contributed by atoms with Crippen LogP contribution in [0.15, 0.2) is 109 Å². The molecule has 0 unspecified atom stereocenters. The van der Waals surface area contributed by atoms with Crippen LogP contribution >= 0.6 is 22.9 Å². The molecule has 0 saturated heterocycles. The lowest BCUT2D eigenvalue weighted by molar-refractivity contribution is -0.384. The van der Waals surface area contributed by atoms with Gasteiger partial charge in [0.05, 0.1) is 21.4 Å². The Morgan fingerprint density at radius 2 is 1.35 bits per heavy atom. The zero-order valence-electron chi connectivity index (χ0n) is 19.4. The monoisotopic (exact) mass is 525 g/mol. The Kier molecular flexibility index (Phi) is 7.07. The number of carbonyl (C=O) groups is 1. The molecule has 37 heavy (non-hydrogen) atoms. The van der Waals surface area contributed by atoms with Crippen molar-refractivity contribution in [2.45, 2.75) is 5.92 Å². The van der Waals surface area contributed by atoms with Crippen molar-refractivity contribution in [2.75, 3.05) is 5.32 Å². The SMILES string of the molecule is O=C(Nc1nc(-c2ccc([N+](=O)[O-])cc2)c(-c2ccc(Cl)cc2)s1)C(c1ccccc1)c1ccccc1. The van der Waals surface area contributed by atoms with Gasteiger partial charge in [0, 0.05) is 22.7 Å². The Bertz CT molecular complexity index is 1500. The molecule has 1 aromatic heterocycles. The molecule has 0 fully saturated rings. The van der Waals surface area contributed by atoms with Gasteiger partial charge in [-0.2, -0.15) is 0 Å². The number of aromatic nitrogens is 1. The van der Waals surface area contributed by atoms with Gasteiger partial charge in [0.1, 0.15) is 0 Å². The van der Waals surface area contributed by atoms with Crippen molar-refractivity contribution in [3.63, 3.8) is 0 Å². The molecule has 1 heterocycles. The first kappa shape index (κ1) is 24.4. The minimum atomic E-state index is -0.520. The number of carbonyl (C=O) groups excluding carboxylic acids is 1. The van der Waals surface area contributed by atoms with Gasteiger partial charge in [-0.3, -0.25) is 14.9 Å². The molecule has 5 rings (SSSR count). The number of non-ortho nitro benzene ring substituents is 1. The smallest absolute Gasteiger partial charge is 0.269 e. The lowest BCUT2D eigenvalue weighted by atomic mass is 9.90. The van der Waals surface area contributed by atoms with Crippen LogP contribution < -0.4 is 5.32 Å². The number of amides is 1. The molecule has 0 aliphatic rings. The molecule has 4 aromatic carbocycles. The van der Waals surface area contributed by atoms with Crippen LogP contribution in [-0.2, 0) is 4.79 Å². The molecule has 5 aromatic rings. The number of anilines is 1. The van der Waals surface area contributed by atoms with E-state index < -0.39 is 10.8 Å². The number of nitro groups is 1. The van der Waals surface area contributed by atoms with Gasteiger partial charge in [-0.25, -0.2) is 4.98 Å². The number of nitrogens with one attached hydrogen (secondary N) is 1. The van der Waals surface area contributed by atoms with Gasteiger partial charge < -0.3 is 5.32 Å². The van der Waals surface area contributed by atoms with Crippen LogP contribution in [0, 0.1) is 10.1 Å². The van der Waals surface area contributed by atoms with Crippen molar-refractivity contribution in [3.8, 4) is 21.7 Å². The summed E-state index contributed by atoms with van der Waals surface area (Å²) >= 11 is 7.44. The first-order valence-corrected chi connectivity index (χ1v) is 12.6. The zero-order valence-corrected chi connectivity index (χ0v) is 20.9. The Morgan fingerprint density at radius 1 is 0.811 bits per heavy atom. The maximum Gasteiger partial charge on any atom is 0.269 e. The van der Waals surface area contributed by atoms with E-state index in [9.17, 15) is 14.9 Å². The predicted octanol–water partition coefficient (Wildman–Crippen LogP) is 7.81. The summed E-state index contributed by atoms with van der Waals surface area (Å²) < 4.78 is 0. The topological polar surface area (TPSA) is 85.1 Å². The summed E-state index contributed by atoms with van der Waals surface area (Å²) in [7, 11) is 0. The zero-order chi connectivity index (χ0) is 25.8. The predicted molar refractivity (Wildman–Crippen MR) is 148 cm³/mol. The lowest BCUT2D eigenvalue weighted by Crippen LogP contribution is -2.22. The van der Waals surface area contributed by atoms with E-state index in [1.54, 1.807) is 24.3 Å². The van der Waals surface area contributed by atoms with Crippen LogP contribution in [0.2, 0.25) is 5.02 Å². The molecule has 8 heteroatoms. The summed E-state index contributed by atoms with van der Waals surface area (Å²) in [5.74, 6) is -0.725. The summed E-state index contributed by atoms with van der Waals surface area (Å²) in [5.41, 5.74) is 3.93. The number of halogens is 1. The number of rotatable bonds is 7. The Morgan fingerprint density at radius 3 is 1.89 bits per heavy atom. The third-order valence-corrected chi connectivity index (χ3v) is 7.12. The van der Waals surface area contributed by atoms with Gasteiger partial charge in [-0.1, -0.05) is 95.7 Å². The summed E-state index contributed by atoms with van der Waals surface area (Å²) in [6, 6.07) is 32.7. The molecule has 1 N–H and O–H groups in total. The molecule has 0 aliphatic heterocycles. The van der Waals surface area contributed by atoms with E-state index in [2.05, 4.69) is 5.32 Å². The summed E-state index contributed by atoms with van der Waals surface area (Å²) in [6.07, 6.45) is 0. The van der Waals surface area contributed by atoms with Crippen LogP contribution in [-0.4, -0.2) is 15.8 Å². The van der Waals surface area contributed by atoms with Crippen molar-refractivity contribution < 1.29 is 9.72 Å².